The number of carbonyl (C=O) groups excluding carboxylic acids is 1. The minimum atomic E-state index is -0.172. The van der Waals surface area contributed by atoms with Crippen molar-refractivity contribution in [2.45, 2.75) is 26.7 Å². The Bertz CT molecular complexity index is 1140. The normalized spacial score (nSPS) is 15.6. The number of hydrogen-bond donors (Lipinski definition) is 1. The van der Waals surface area contributed by atoms with E-state index >= 15 is 0 Å². The molecule has 0 radical (unpaired) electrons. The van der Waals surface area contributed by atoms with Gasteiger partial charge >= 0.3 is 0 Å². The van der Waals surface area contributed by atoms with Crippen LogP contribution in [0.5, 0.6) is 0 Å². The van der Waals surface area contributed by atoms with E-state index in [0.717, 1.165) is 27.3 Å². The molecule has 6 heteroatoms. The first-order valence-corrected chi connectivity index (χ1v) is 8.94. The Morgan fingerprint density at radius 2 is 2.04 bits per heavy atom. The summed E-state index contributed by atoms with van der Waals surface area (Å²) in [7, 11) is 0. The second-order valence-corrected chi connectivity index (χ2v) is 7.71. The molecular formula is C19H15N3O2S. The molecule has 0 aliphatic heterocycles. The average molecular weight is 349 g/mol. The van der Waals surface area contributed by atoms with Gasteiger partial charge in [0.05, 0.1) is 5.56 Å². The molecule has 1 aliphatic carbocycles. The monoisotopic (exact) mass is 349 g/mol. The van der Waals surface area contributed by atoms with Crippen LogP contribution in [0.4, 0.5) is 5.13 Å². The minimum Gasteiger partial charge on any atom is -0.455 e. The molecule has 4 aromatic heterocycles. The molecule has 5 nitrogen and oxygen atoms in total. The SMILES string of the molecule is Cc1cc(-c2c(C(=O)Nc3ncc(C)s3)c3oc2c2c3[C@@H]2C)ccn1. The number of aryl methyl sites for hydroxylation is 2. The summed E-state index contributed by atoms with van der Waals surface area (Å²) in [6.07, 6.45) is 3.52. The Morgan fingerprint density at radius 3 is 2.76 bits per heavy atom. The van der Waals surface area contributed by atoms with Crippen LogP contribution in [0.15, 0.2) is 28.9 Å². The molecule has 1 aliphatic rings. The molecular weight excluding hydrogens is 334 g/mol. The predicted octanol–water partition coefficient (Wildman–Crippen LogP) is 4.72. The van der Waals surface area contributed by atoms with Crippen molar-refractivity contribution in [2.24, 2.45) is 0 Å². The minimum absolute atomic E-state index is 0.172. The fourth-order valence-corrected chi connectivity index (χ4v) is 4.21. The zero-order valence-corrected chi connectivity index (χ0v) is 14.8. The van der Waals surface area contributed by atoms with E-state index in [0.29, 0.717) is 22.2 Å². The van der Waals surface area contributed by atoms with Crippen LogP contribution in [0.25, 0.3) is 22.3 Å². The van der Waals surface area contributed by atoms with E-state index in [1.807, 2.05) is 26.0 Å². The summed E-state index contributed by atoms with van der Waals surface area (Å²) in [5.41, 5.74) is 7.31. The van der Waals surface area contributed by atoms with Crippen LogP contribution in [-0.2, 0) is 0 Å². The quantitative estimate of drug-likeness (QED) is 0.581. The number of hydrogen-bond acceptors (Lipinski definition) is 5. The van der Waals surface area contributed by atoms with Crippen molar-refractivity contribution in [1.82, 2.24) is 9.97 Å². The fraction of sp³-hybridized carbons (Fsp3) is 0.211. The first kappa shape index (κ1) is 14.6. The van der Waals surface area contributed by atoms with Gasteiger partial charge in [0.25, 0.3) is 5.91 Å². The number of pyridine rings is 1. The summed E-state index contributed by atoms with van der Waals surface area (Å²) < 4.78 is 5.98. The number of aromatic nitrogens is 2. The lowest BCUT2D eigenvalue weighted by Gasteiger charge is -2.06. The molecule has 0 saturated heterocycles. The van der Waals surface area contributed by atoms with Crippen LogP contribution in [0, 0.1) is 13.8 Å². The maximum atomic E-state index is 13.0. The van der Waals surface area contributed by atoms with E-state index in [9.17, 15) is 4.79 Å². The fourth-order valence-electron chi connectivity index (χ4n) is 3.55. The van der Waals surface area contributed by atoms with Gasteiger partial charge in [-0.3, -0.25) is 15.1 Å². The standard InChI is InChI=1S/C19H15N3O2S/c1-8-6-11(4-5-20-8)14-15(17-13-10(3)12(13)16(14)24-17)18(23)22-19-21-7-9(2)25-19/h4-7,10H,1-3H3,(H,21,22,23)/t10-/m1/s1. The molecule has 0 saturated carbocycles. The number of rotatable bonds is 3. The molecule has 0 spiro atoms. The Balaban J connectivity index is 1.66. The van der Waals surface area contributed by atoms with Gasteiger partial charge in [0, 0.05) is 45.6 Å². The number of thiazole rings is 1. The number of furan rings is 2. The van der Waals surface area contributed by atoms with Crippen LogP contribution in [0.1, 0.15) is 44.9 Å². The highest BCUT2D eigenvalue weighted by Crippen LogP contribution is 2.58. The molecule has 4 aromatic rings. The Hall–Kier alpha value is -2.73. The molecule has 2 bridgehead atoms. The number of benzene rings is 1. The van der Waals surface area contributed by atoms with Crippen LogP contribution in [-0.4, -0.2) is 15.9 Å². The third-order valence-corrected chi connectivity index (χ3v) is 5.55. The van der Waals surface area contributed by atoms with E-state index in [1.54, 1.807) is 12.4 Å². The highest BCUT2D eigenvalue weighted by atomic mass is 32.1. The van der Waals surface area contributed by atoms with Crippen molar-refractivity contribution in [1.29, 1.82) is 0 Å². The topological polar surface area (TPSA) is 68.0 Å². The third-order valence-electron chi connectivity index (χ3n) is 4.72. The van der Waals surface area contributed by atoms with Gasteiger partial charge in [0.2, 0.25) is 0 Å². The average Bonchev–Trinajstić information content (AvgIpc) is 2.96. The van der Waals surface area contributed by atoms with Gasteiger partial charge in [-0.05, 0) is 31.5 Å². The molecule has 124 valence electrons. The van der Waals surface area contributed by atoms with E-state index < -0.39 is 0 Å². The zero-order chi connectivity index (χ0) is 17.3. The van der Waals surface area contributed by atoms with Crippen LogP contribution in [0.2, 0.25) is 0 Å². The molecule has 5 rings (SSSR count). The smallest absolute Gasteiger partial charge is 0.262 e. The Morgan fingerprint density at radius 1 is 1.24 bits per heavy atom. The molecule has 0 unspecified atom stereocenters. The predicted molar refractivity (Wildman–Crippen MR) is 97.7 cm³/mol. The summed E-state index contributed by atoms with van der Waals surface area (Å²) in [6.45, 7) is 6.05. The Kier molecular flexibility index (Phi) is 2.86. The van der Waals surface area contributed by atoms with E-state index in [1.165, 1.54) is 22.5 Å². The highest BCUT2D eigenvalue weighted by Gasteiger charge is 2.44. The third kappa shape index (κ3) is 2.04. The zero-order valence-electron chi connectivity index (χ0n) is 14.0. The molecule has 1 N–H and O–H groups in total. The summed E-state index contributed by atoms with van der Waals surface area (Å²) in [4.78, 5) is 22.5. The van der Waals surface area contributed by atoms with Gasteiger partial charge in [0.15, 0.2) is 5.13 Å². The summed E-state index contributed by atoms with van der Waals surface area (Å²) in [5.74, 6) is 0.207. The van der Waals surface area contributed by atoms with Crippen molar-refractivity contribution in [2.75, 3.05) is 5.32 Å². The summed E-state index contributed by atoms with van der Waals surface area (Å²) in [5, 5.41) is 3.52. The van der Waals surface area contributed by atoms with Crippen molar-refractivity contribution < 1.29 is 9.21 Å². The number of amides is 1. The number of nitrogens with one attached hydrogen (secondary N) is 1. The summed E-state index contributed by atoms with van der Waals surface area (Å²) >= 11 is 1.46. The first-order valence-electron chi connectivity index (χ1n) is 8.13. The van der Waals surface area contributed by atoms with Crippen molar-refractivity contribution >= 4 is 33.5 Å². The van der Waals surface area contributed by atoms with Crippen molar-refractivity contribution in [3.63, 3.8) is 0 Å². The maximum Gasteiger partial charge on any atom is 0.262 e. The van der Waals surface area contributed by atoms with Gasteiger partial charge in [-0.15, -0.1) is 11.3 Å². The molecule has 25 heavy (non-hydrogen) atoms. The molecule has 1 atom stereocenters. The number of anilines is 1. The number of nitrogens with zero attached hydrogens (tertiary/aromatic N) is 2. The van der Waals surface area contributed by atoms with Crippen LogP contribution in [0.3, 0.4) is 0 Å². The molecule has 0 aromatic carbocycles. The van der Waals surface area contributed by atoms with Crippen molar-refractivity contribution in [3.05, 3.63) is 51.8 Å². The summed E-state index contributed by atoms with van der Waals surface area (Å²) in [6, 6.07) is 3.91. The van der Waals surface area contributed by atoms with Gasteiger partial charge < -0.3 is 4.42 Å². The lowest BCUT2D eigenvalue weighted by Crippen LogP contribution is -2.12. The molecule has 1 amide bonds. The molecule has 0 fully saturated rings. The second kappa shape index (κ2) is 4.89. The van der Waals surface area contributed by atoms with Gasteiger partial charge in [-0.1, -0.05) is 6.92 Å². The van der Waals surface area contributed by atoms with E-state index in [2.05, 4.69) is 22.2 Å². The van der Waals surface area contributed by atoms with E-state index in [4.69, 9.17) is 4.42 Å². The first-order chi connectivity index (χ1) is 12.0. The van der Waals surface area contributed by atoms with Gasteiger partial charge in [-0.25, -0.2) is 4.98 Å². The lowest BCUT2D eigenvalue weighted by molar-refractivity contribution is 0.102. The number of fused-ring (bicyclic) bond motifs is 5. The lowest BCUT2D eigenvalue weighted by atomic mass is 9.99. The second-order valence-electron chi connectivity index (χ2n) is 6.48. The maximum absolute atomic E-state index is 13.0. The largest absolute Gasteiger partial charge is 0.455 e. The van der Waals surface area contributed by atoms with E-state index in [-0.39, 0.29) is 5.91 Å². The van der Waals surface area contributed by atoms with Crippen LogP contribution < -0.4 is 5.32 Å². The molecule has 4 heterocycles. The highest BCUT2D eigenvalue weighted by molar-refractivity contribution is 7.15. The van der Waals surface area contributed by atoms with Gasteiger partial charge in [0.1, 0.15) is 11.2 Å². The Labute approximate surface area is 148 Å². The number of carbonyl (C=O) groups is 1. The van der Waals surface area contributed by atoms with Gasteiger partial charge in [-0.2, -0.15) is 0 Å². The van der Waals surface area contributed by atoms with Crippen molar-refractivity contribution in [3.8, 4) is 11.1 Å². The van der Waals surface area contributed by atoms with Crippen LogP contribution >= 0.6 is 11.3 Å².